The second-order valence-corrected chi connectivity index (χ2v) is 8.47. The number of hydrogen-bond donors (Lipinski definition) is 0. The van der Waals surface area contributed by atoms with E-state index >= 15 is 0 Å². The molecule has 0 aliphatic carbocycles. The summed E-state index contributed by atoms with van der Waals surface area (Å²) in [5.74, 6) is 0.530. The summed E-state index contributed by atoms with van der Waals surface area (Å²) < 4.78 is 21.0. The van der Waals surface area contributed by atoms with Gasteiger partial charge in [-0.3, -0.25) is 14.4 Å². The highest BCUT2D eigenvalue weighted by Gasteiger charge is 2.28. The number of hydrogen-bond acceptors (Lipinski definition) is 7. The monoisotopic (exact) mass is 422 g/mol. The SMILES string of the molecule is COC(=O)C(C)(C)CCCOc1ccc(OCCCC(C)(C)C(=O)OC)c(C=O)c1. The van der Waals surface area contributed by atoms with Crippen molar-refractivity contribution in [3.63, 3.8) is 0 Å². The number of methoxy groups -OCH3 is 2. The summed E-state index contributed by atoms with van der Waals surface area (Å²) in [7, 11) is 2.76. The van der Waals surface area contributed by atoms with Crippen molar-refractivity contribution in [1.29, 1.82) is 0 Å². The summed E-state index contributed by atoms with van der Waals surface area (Å²) in [6.07, 6.45) is 3.28. The maximum atomic E-state index is 11.7. The average molecular weight is 423 g/mol. The molecular formula is C23H34O7. The molecule has 0 aromatic heterocycles. The van der Waals surface area contributed by atoms with Gasteiger partial charge in [-0.15, -0.1) is 0 Å². The zero-order chi connectivity index (χ0) is 22.8. The standard InChI is InChI=1S/C23H34O7/c1-22(2,20(25)27-5)11-7-13-29-18-9-10-19(17(15-18)16-24)30-14-8-12-23(3,4)21(26)28-6/h9-10,15-16H,7-8,11-14H2,1-6H3. The van der Waals surface area contributed by atoms with Gasteiger partial charge in [-0.05, 0) is 71.6 Å². The number of rotatable bonds is 13. The van der Waals surface area contributed by atoms with Gasteiger partial charge in [-0.2, -0.15) is 0 Å². The molecule has 0 fully saturated rings. The Kier molecular flexibility index (Phi) is 9.82. The van der Waals surface area contributed by atoms with Crippen LogP contribution in [0.3, 0.4) is 0 Å². The van der Waals surface area contributed by atoms with E-state index in [9.17, 15) is 14.4 Å². The number of aldehydes is 1. The Hall–Kier alpha value is -2.57. The van der Waals surface area contributed by atoms with E-state index in [0.29, 0.717) is 56.0 Å². The Morgan fingerprint density at radius 2 is 1.37 bits per heavy atom. The molecule has 0 heterocycles. The molecule has 168 valence electrons. The molecule has 0 unspecified atom stereocenters. The van der Waals surface area contributed by atoms with Gasteiger partial charge in [0.15, 0.2) is 6.29 Å². The van der Waals surface area contributed by atoms with Crippen LogP contribution in [0.25, 0.3) is 0 Å². The van der Waals surface area contributed by atoms with Gasteiger partial charge in [-0.25, -0.2) is 0 Å². The lowest BCUT2D eigenvalue weighted by molar-refractivity contribution is -0.152. The van der Waals surface area contributed by atoms with E-state index in [1.54, 1.807) is 18.2 Å². The molecule has 7 heteroatoms. The second-order valence-electron chi connectivity index (χ2n) is 8.47. The molecule has 0 bridgehead atoms. The predicted octanol–water partition coefficient (Wildman–Crippen LogP) is 4.22. The topological polar surface area (TPSA) is 88.1 Å². The second kappa shape index (κ2) is 11.6. The molecule has 0 saturated heterocycles. The Labute approximate surface area is 179 Å². The van der Waals surface area contributed by atoms with Crippen LogP contribution in [0.4, 0.5) is 0 Å². The smallest absolute Gasteiger partial charge is 0.311 e. The first kappa shape index (κ1) is 25.5. The minimum Gasteiger partial charge on any atom is -0.494 e. The molecule has 0 saturated carbocycles. The fourth-order valence-electron chi connectivity index (χ4n) is 3.00. The van der Waals surface area contributed by atoms with Gasteiger partial charge in [0, 0.05) is 0 Å². The first-order chi connectivity index (χ1) is 14.1. The summed E-state index contributed by atoms with van der Waals surface area (Å²) >= 11 is 0. The van der Waals surface area contributed by atoms with Crippen molar-refractivity contribution in [2.45, 2.75) is 53.4 Å². The van der Waals surface area contributed by atoms with Gasteiger partial charge in [-0.1, -0.05) is 0 Å². The molecule has 1 aromatic carbocycles. The van der Waals surface area contributed by atoms with E-state index in [1.807, 2.05) is 27.7 Å². The zero-order valence-electron chi connectivity index (χ0n) is 18.9. The van der Waals surface area contributed by atoms with Crippen molar-refractivity contribution in [1.82, 2.24) is 0 Å². The molecule has 0 spiro atoms. The van der Waals surface area contributed by atoms with Gasteiger partial charge >= 0.3 is 11.9 Å². The molecule has 0 N–H and O–H groups in total. The summed E-state index contributed by atoms with van der Waals surface area (Å²) in [5, 5.41) is 0. The van der Waals surface area contributed by atoms with Gasteiger partial charge in [0.05, 0.1) is 43.8 Å². The normalized spacial score (nSPS) is 11.5. The van der Waals surface area contributed by atoms with E-state index in [0.717, 1.165) is 6.29 Å². The fourth-order valence-corrected chi connectivity index (χ4v) is 3.00. The minimum absolute atomic E-state index is 0.248. The van der Waals surface area contributed by atoms with Crippen molar-refractivity contribution in [3.8, 4) is 11.5 Å². The minimum atomic E-state index is -0.578. The molecule has 0 aliphatic heterocycles. The Morgan fingerprint density at radius 1 is 0.867 bits per heavy atom. The van der Waals surface area contributed by atoms with Gasteiger partial charge in [0.25, 0.3) is 0 Å². The highest BCUT2D eigenvalue weighted by Crippen LogP contribution is 2.27. The Morgan fingerprint density at radius 3 is 1.83 bits per heavy atom. The third-order valence-corrected chi connectivity index (χ3v) is 5.00. The summed E-state index contributed by atoms with van der Waals surface area (Å²) in [5.41, 5.74) is -0.743. The molecule has 0 radical (unpaired) electrons. The average Bonchev–Trinajstić information content (AvgIpc) is 2.73. The molecule has 1 aromatic rings. The number of benzene rings is 1. The van der Waals surface area contributed by atoms with Crippen LogP contribution in [0.1, 0.15) is 63.7 Å². The van der Waals surface area contributed by atoms with E-state index in [2.05, 4.69) is 0 Å². The van der Waals surface area contributed by atoms with Gasteiger partial charge in [0.2, 0.25) is 0 Å². The first-order valence-corrected chi connectivity index (χ1v) is 10.1. The maximum Gasteiger partial charge on any atom is 0.311 e. The molecule has 0 atom stereocenters. The third-order valence-electron chi connectivity index (χ3n) is 5.00. The van der Waals surface area contributed by atoms with Crippen molar-refractivity contribution in [2.75, 3.05) is 27.4 Å². The summed E-state index contributed by atoms with van der Waals surface area (Å²) in [6, 6.07) is 5.07. The molecule has 0 aliphatic rings. The maximum absolute atomic E-state index is 11.7. The van der Waals surface area contributed by atoms with Crippen LogP contribution in [0.2, 0.25) is 0 Å². The van der Waals surface area contributed by atoms with E-state index < -0.39 is 10.8 Å². The van der Waals surface area contributed by atoms with E-state index in [1.165, 1.54) is 14.2 Å². The van der Waals surface area contributed by atoms with Crippen molar-refractivity contribution in [3.05, 3.63) is 23.8 Å². The number of esters is 2. The van der Waals surface area contributed by atoms with Gasteiger partial charge in [0.1, 0.15) is 11.5 Å². The predicted molar refractivity (Wildman–Crippen MR) is 113 cm³/mol. The van der Waals surface area contributed by atoms with Crippen molar-refractivity contribution >= 4 is 18.2 Å². The Balaban J connectivity index is 2.52. The van der Waals surface area contributed by atoms with Crippen LogP contribution in [0.15, 0.2) is 18.2 Å². The number of carbonyl (C=O) groups excluding carboxylic acids is 3. The van der Waals surface area contributed by atoms with Crippen molar-refractivity contribution in [2.24, 2.45) is 10.8 Å². The highest BCUT2D eigenvalue weighted by atomic mass is 16.5. The van der Waals surface area contributed by atoms with E-state index in [4.69, 9.17) is 18.9 Å². The fraction of sp³-hybridized carbons (Fsp3) is 0.609. The summed E-state index contributed by atoms with van der Waals surface area (Å²) in [6.45, 7) is 8.12. The summed E-state index contributed by atoms with van der Waals surface area (Å²) in [4.78, 5) is 34.8. The largest absolute Gasteiger partial charge is 0.494 e. The molecular weight excluding hydrogens is 388 g/mol. The molecule has 7 nitrogen and oxygen atoms in total. The number of ether oxygens (including phenoxy) is 4. The van der Waals surface area contributed by atoms with Crippen molar-refractivity contribution < 1.29 is 33.3 Å². The van der Waals surface area contributed by atoms with Gasteiger partial charge < -0.3 is 18.9 Å². The van der Waals surface area contributed by atoms with Crippen LogP contribution < -0.4 is 9.47 Å². The van der Waals surface area contributed by atoms with Crippen LogP contribution in [0.5, 0.6) is 11.5 Å². The quantitative estimate of drug-likeness (QED) is 0.267. The van der Waals surface area contributed by atoms with Crippen LogP contribution in [-0.4, -0.2) is 45.7 Å². The molecule has 0 amide bonds. The third kappa shape index (κ3) is 7.69. The zero-order valence-corrected chi connectivity index (χ0v) is 18.9. The first-order valence-electron chi connectivity index (χ1n) is 10.1. The van der Waals surface area contributed by atoms with Crippen LogP contribution in [-0.2, 0) is 19.1 Å². The highest BCUT2D eigenvalue weighted by molar-refractivity contribution is 5.80. The molecule has 30 heavy (non-hydrogen) atoms. The Bertz CT molecular complexity index is 722. The lowest BCUT2D eigenvalue weighted by Gasteiger charge is -2.21. The van der Waals surface area contributed by atoms with Crippen LogP contribution in [0, 0.1) is 10.8 Å². The van der Waals surface area contributed by atoms with Crippen LogP contribution >= 0.6 is 0 Å². The van der Waals surface area contributed by atoms with E-state index in [-0.39, 0.29) is 11.9 Å². The lowest BCUT2D eigenvalue weighted by atomic mass is 9.88. The molecule has 1 rings (SSSR count). The lowest BCUT2D eigenvalue weighted by Crippen LogP contribution is -2.26. The number of carbonyl (C=O) groups is 3.